The number of piperazine rings is 1. The van der Waals surface area contributed by atoms with Gasteiger partial charge < -0.3 is 47.9 Å². The number of nitrogens with one attached hydrogen (secondary N) is 1. The van der Waals surface area contributed by atoms with Crippen molar-refractivity contribution in [3.63, 3.8) is 0 Å². The molecule has 0 aromatic heterocycles. The topological polar surface area (TPSA) is 177 Å². The van der Waals surface area contributed by atoms with Gasteiger partial charge in [0.05, 0.1) is 43.7 Å². The number of carbonyl (C=O) groups excluding carboxylic acids is 3. The summed E-state index contributed by atoms with van der Waals surface area (Å²) in [6.45, 7) is 5.45. The van der Waals surface area contributed by atoms with Crippen molar-refractivity contribution >= 4 is 29.8 Å². The van der Waals surface area contributed by atoms with Crippen LogP contribution in [0.15, 0.2) is 36.4 Å². The molecule has 2 unspecified atom stereocenters. The fourth-order valence-corrected chi connectivity index (χ4v) is 10.9. The summed E-state index contributed by atoms with van der Waals surface area (Å²) in [6.07, 6.45) is -0.276. The van der Waals surface area contributed by atoms with Gasteiger partial charge in [0.15, 0.2) is 29.8 Å². The molecule has 2 fully saturated rings. The van der Waals surface area contributed by atoms with Crippen LogP contribution in [0.5, 0.6) is 28.7 Å². The number of fused-ring (bicyclic) bond motifs is 10. The van der Waals surface area contributed by atoms with Crippen LogP contribution in [0.4, 0.5) is 4.79 Å². The van der Waals surface area contributed by atoms with Crippen LogP contribution in [-0.2, 0) is 41.6 Å². The summed E-state index contributed by atoms with van der Waals surface area (Å²) in [5.41, 5.74) is 5.36. The van der Waals surface area contributed by atoms with Gasteiger partial charge in [-0.15, -0.1) is 11.8 Å². The first-order valence-electron chi connectivity index (χ1n) is 19.8. The zero-order chi connectivity index (χ0) is 42.2. The molecule has 3 aromatic rings. The molecule has 7 atom stereocenters. The van der Waals surface area contributed by atoms with Gasteiger partial charge in [0.2, 0.25) is 6.79 Å². The molecule has 0 aliphatic carbocycles. The molecule has 2 saturated heterocycles. The molecule has 60 heavy (non-hydrogen) atoms. The fourth-order valence-electron chi connectivity index (χ4n) is 9.40. The van der Waals surface area contributed by atoms with E-state index in [0.717, 1.165) is 22.3 Å². The highest BCUT2D eigenvalue weighted by Crippen LogP contribution is 2.64. The van der Waals surface area contributed by atoms with Gasteiger partial charge in [-0.2, -0.15) is 5.26 Å². The van der Waals surface area contributed by atoms with Gasteiger partial charge in [0, 0.05) is 54.1 Å². The predicted octanol–water partition coefficient (Wildman–Crippen LogP) is 4.82. The van der Waals surface area contributed by atoms with Crippen molar-refractivity contribution in [2.45, 2.75) is 75.3 Å². The molecule has 0 saturated carbocycles. The summed E-state index contributed by atoms with van der Waals surface area (Å²) in [5.74, 6) is 1.06. The third kappa shape index (κ3) is 7.34. The first kappa shape index (κ1) is 41.5. The summed E-state index contributed by atoms with van der Waals surface area (Å²) in [6, 6.07) is 10.1. The van der Waals surface area contributed by atoms with Crippen LogP contribution in [0.3, 0.4) is 0 Å². The van der Waals surface area contributed by atoms with Gasteiger partial charge in [0.1, 0.15) is 31.0 Å². The number of methoxy groups -OCH3 is 2. The monoisotopic (exact) mass is 844 g/mol. The zero-order valence-corrected chi connectivity index (χ0v) is 35.1. The van der Waals surface area contributed by atoms with Crippen molar-refractivity contribution in [2.24, 2.45) is 0 Å². The van der Waals surface area contributed by atoms with E-state index in [1.54, 1.807) is 14.2 Å². The van der Waals surface area contributed by atoms with Gasteiger partial charge in [-0.1, -0.05) is 36.4 Å². The lowest BCUT2D eigenvalue weighted by atomic mass is 9.71. The summed E-state index contributed by atoms with van der Waals surface area (Å²) in [5, 5.41) is 13.3. The number of aryl methyl sites for hydroxylation is 1. The summed E-state index contributed by atoms with van der Waals surface area (Å²) in [4.78, 5) is 44.6. The van der Waals surface area contributed by atoms with E-state index in [4.69, 9.17) is 42.6 Å². The number of nitriles is 1. The van der Waals surface area contributed by atoms with Gasteiger partial charge in [-0.3, -0.25) is 14.6 Å². The molecule has 0 spiro atoms. The number of carbonyl (C=O) groups is 3. The Morgan fingerprint density at radius 1 is 1.02 bits per heavy atom. The van der Waals surface area contributed by atoms with Crippen molar-refractivity contribution in [2.75, 3.05) is 60.4 Å². The maximum atomic E-state index is 14.0. The lowest BCUT2D eigenvalue weighted by molar-refractivity contribution is -0.151. The van der Waals surface area contributed by atoms with Crippen LogP contribution < -0.4 is 29.0 Å². The smallest absolute Gasteiger partial charge is 0.408 e. The zero-order valence-electron chi connectivity index (χ0n) is 34.3. The molecule has 3 aromatic carbocycles. The lowest BCUT2D eigenvalue weighted by Gasteiger charge is -2.61. The minimum Gasteiger partial charge on any atom is -0.493 e. The van der Waals surface area contributed by atoms with Crippen LogP contribution in [0.2, 0.25) is 0 Å². The third-order valence-corrected chi connectivity index (χ3v) is 13.3. The highest BCUT2D eigenvalue weighted by Gasteiger charge is 2.61. The maximum absolute atomic E-state index is 14.0. The second kappa shape index (κ2) is 17.4. The van der Waals surface area contributed by atoms with Crippen molar-refractivity contribution in [3.8, 4) is 34.8 Å². The van der Waals surface area contributed by atoms with E-state index in [0.29, 0.717) is 65.1 Å². The molecule has 1 amide bonds. The lowest BCUT2D eigenvalue weighted by Crippen LogP contribution is -2.69. The molecule has 6 aliphatic heterocycles. The number of benzene rings is 3. The number of thioether (sulfide) groups is 1. The number of ether oxygens (including phenoxy) is 9. The van der Waals surface area contributed by atoms with E-state index in [2.05, 4.69) is 27.3 Å². The molecule has 9 rings (SSSR count). The highest BCUT2D eigenvalue weighted by atomic mass is 32.2. The Hall–Kier alpha value is -5.25. The van der Waals surface area contributed by atoms with Crippen molar-refractivity contribution in [1.82, 2.24) is 15.1 Å². The Labute approximate surface area is 352 Å². The van der Waals surface area contributed by atoms with E-state index >= 15 is 0 Å². The Kier molecular flexibility index (Phi) is 12.0. The Bertz CT molecular complexity index is 2200. The van der Waals surface area contributed by atoms with E-state index in [1.165, 1.54) is 18.7 Å². The quantitative estimate of drug-likeness (QED) is 0.120. The first-order valence-corrected chi connectivity index (χ1v) is 20.8. The molecule has 0 radical (unpaired) electrons. The Morgan fingerprint density at radius 2 is 1.80 bits per heavy atom. The van der Waals surface area contributed by atoms with Crippen molar-refractivity contribution in [3.05, 3.63) is 75.3 Å². The molecule has 1 N–H and O–H groups in total. The van der Waals surface area contributed by atoms with Crippen molar-refractivity contribution in [1.29, 1.82) is 5.26 Å². The predicted molar refractivity (Wildman–Crippen MR) is 215 cm³/mol. The number of hydrogen-bond donors (Lipinski definition) is 1. The number of amides is 1. The van der Waals surface area contributed by atoms with Crippen LogP contribution in [-0.4, -0.2) is 112 Å². The van der Waals surface area contributed by atoms with Crippen LogP contribution in [0.1, 0.15) is 63.2 Å². The maximum Gasteiger partial charge on any atom is 0.408 e. The number of rotatable bonds is 11. The van der Waals surface area contributed by atoms with Crippen LogP contribution in [0.25, 0.3) is 0 Å². The third-order valence-electron chi connectivity index (χ3n) is 11.9. The van der Waals surface area contributed by atoms with E-state index < -0.39 is 53.5 Å². The molecule has 4 bridgehead atoms. The van der Waals surface area contributed by atoms with Gasteiger partial charge in [-0.25, -0.2) is 9.59 Å². The summed E-state index contributed by atoms with van der Waals surface area (Å²) >= 11 is 1.38. The normalized spacial score (nSPS) is 25.1. The summed E-state index contributed by atoms with van der Waals surface area (Å²) in [7, 11) is 5.21. The molecule has 6 aliphatic rings. The summed E-state index contributed by atoms with van der Waals surface area (Å²) < 4.78 is 53.5. The molecule has 6 heterocycles. The SMILES string of the molecule is COCCOCOc1c(OC)c(C)cc2c1[C@@H]1C3[C@@H]4SC[C@H](NC(=O)OCc5ccccc5)C(=O)OC[C@@H](c5c6c(c(C)c(OC(C)=O)c54)OCO6)N3C(C#N)[C@H](C2)N1C. The molecular weight excluding hydrogens is 797 g/mol. The number of alkyl carbamates (subject to hydrolysis) is 1. The second-order valence-corrected chi connectivity index (χ2v) is 16.5. The van der Waals surface area contributed by atoms with E-state index in [9.17, 15) is 19.6 Å². The van der Waals surface area contributed by atoms with E-state index in [-0.39, 0.29) is 38.6 Å². The largest absolute Gasteiger partial charge is 0.493 e. The minimum atomic E-state index is -1.12. The Morgan fingerprint density at radius 3 is 2.53 bits per heavy atom. The van der Waals surface area contributed by atoms with Crippen LogP contribution >= 0.6 is 11.8 Å². The van der Waals surface area contributed by atoms with Gasteiger partial charge in [0.25, 0.3) is 0 Å². The average Bonchev–Trinajstić information content (AvgIpc) is 3.73. The highest BCUT2D eigenvalue weighted by molar-refractivity contribution is 7.99. The van der Waals surface area contributed by atoms with Gasteiger partial charge in [-0.05, 0) is 44.0 Å². The fraction of sp³-hybridized carbons (Fsp3) is 0.488. The van der Waals surface area contributed by atoms with Gasteiger partial charge >= 0.3 is 18.0 Å². The minimum absolute atomic E-state index is 0.00377. The molecule has 16 nitrogen and oxygen atoms in total. The van der Waals surface area contributed by atoms with E-state index in [1.807, 2.05) is 51.2 Å². The van der Waals surface area contributed by atoms with Crippen LogP contribution in [0, 0.1) is 25.2 Å². The molecule has 318 valence electrons. The number of likely N-dealkylation sites (N-methyl/N-ethyl adjacent to an activating group) is 1. The first-order chi connectivity index (χ1) is 29.1. The molecular formula is C43H48N4O12S. The standard InChI is InChI=1S/C43H48N4O12S/c1-22-14-26-15-28-29(16-44)47-30-18-54-42(49)27(45-43(50)55-17-25-10-8-7-9-11-25)19-60-41(33-32(30)40-38(57-21-58-40)23(2)37(33)59-24(3)48)35(47)34(46(28)4)31(26)39(36(22)52-6)56-20-53-13-12-51-5/h7-11,14,27-30,34-35,41H,12-13,15,17-21H2,1-6H3,(H,45,50)/t27-,28-,29?,30-,34+,35?,41+/m0/s1. The number of nitrogens with zero attached hydrogens (tertiary/aromatic N) is 3. The number of hydrogen-bond acceptors (Lipinski definition) is 16. The average molecular weight is 845 g/mol. The number of esters is 2. The second-order valence-electron chi connectivity index (χ2n) is 15.3. The Balaban J connectivity index is 1.29. The van der Waals surface area contributed by atoms with Crippen molar-refractivity contribution < 1.29 is 57.0 Å². The molecule has 17 heteroatoms.